The van der Waals surface area contributed by atoms with E-state index in [2.05, 4.69) is 20.2 Å². The molecule has 0 spiro atoms. The van der Waals surface area contributed by atoms with Crippen molar-refractivity contribution >= 4 is 17.7 Å². The molecule has 0 bridgehead atoms. The highest BCUT2D eigenvalue weighted by Gasteiger charge is 2.19. The van der Waals surface area contributed by atoms with Crippen molar-refractivity contribution < 1.29 is 28.1 Å². The lowest BCUT2D eigenvalue weighted by Gasteiger charge is -2.27. The first-order valence-electron chi connectivity index (χ1n) is 11.6. The number of benzene rings is 1. The van der Waals surface area contributed by atoms with Crippen molar-refractivity contribution in [1.29, 1.82) is 0 Å². The molecule has 0 saturated carbocycles. The van der Waals surface area contributed by atoms with Gasteiger partial charge in [0.25, 0.3) is 11.9 Å². The van der Waals surface area contributed by atoms with E-state index in [1.165, 1.54) is 0 Å². The molecule has 2 aliphatic rings. The van der Waals surface area contributed by atoms with Crippen LogP contribution in [-0.2, 0) is 20.8 Å². The number of hydrogen-bond acceptors (Lipinski definition) is 10. The number of halogens is 1. The van der Waals surface area contributed by atoms with Crippen LogP contribution in [0.2, 0.25) is 0 Å². The van der Waals surface area contributed by atoms with Crippen LogP contribution in [-0.4, -0.2) is 86.6 Å². The number of nitrogens with zero attached hydrogens (tertiary/aromatic N) is 6. The minimum absolute atomic E-state index is 0.0769. The van der Waals surface area contributed by atoms with Gasteiger partial charge in [-0.3, -0.25) is 4.79 Å². The van der Waals surface area contributed by atoms with Gasteiger partial charge in [0.1, 0.15) is 0 Å². The van der Waals surface area contributed by atoms with Gasteiger partial charge in [-0.05, 0) is 24.6 Å². The normalized spacial score (nSPS) is 16.5. The van der Waals surface area contributed by atoms with E-state index >= 15 is 0 Å². The summed E-state index contributed by atoms with van der Waals surface area (Å²) in [6.45, 7) is 6.81. The van der Waals surface area contributed by atoms with E-state index in [4.69, 9.17) is 18.9 Å². The third-order valence-electron chi connectivity index (χ3n) is 5.46. The highest BCUT2D eigenvalue weighted by molar-refractivity contribution is 5.78. The molecule has 35 heavy (non-hydrogen) atoms. The number of ether oxygens (including phenoxy) is 4. The fraction of sp³-hybridized carbons (Fsp3) is 0.522. The van der Waals surface area contributed by atoms with Gasteiger partial charge < -0.3 is 28.7 Å². The molecule has 2 aromatic rings. The third-order valence-corrected chi connectivity index (χ3v) is 5.46. The second-order valence-electron chi connectivity index (χ2n) is 7.84. The predicted octanol–water partition coefficient (Wildman–Crippen LogP) is 2.37. The molecule has 0 aliphatic carbocycles. The van der Waals surface area contributed by atoms with Gasteiger partial charge in [0.2, 0.25) is 0 Å². The number of carbonyl (C=O) groups is 1. The summed E-state index contributed by atoms with van der Waals surface area (Å²) in [5, 5.41) is 8.21. The van der Waals surface area contributed by atoms with Crippen LogP contribution in [0, 0.1) is 5.82 Å². The van der Waals surface area contributed by atoms with Crippen molar-refractivity contribution in [3.63, 3.8) is 0 Å². The van der Waals surface area contributed by atoms with Gasteiger partial charge in [-0.1, -0.05) is 6.07 Å². The van der Waals surface area contributed by atoms with Crippen LogP contribution in [0.15, 0.2) is 34.6 Å². The second-order valence-corrected chi connectivity index (χ2v) is 7.84. The van der Waals surface area contributed by atoms with E-state index in [9.17, 15) is 9.18 Å². The molecule has 4 rings (SSSR count). The summed E-state index contributed by atoms with van der Waals surface area (Å²) < 4.78 is 36.2. The summed E-state index contributed by atoms with van der Waals surface area (Å²) in [6.07, 6.45) is 1.10. The molecular weight excluding hydrogens is 459 g/mol. The zero-order chi connectivity index (χ0) is 24.5. The number of rotatable bonds is 9. The summed E-state index contributed by atoms with van der Waals surface area (Å²) in [4.78, 5) is 24.0. The van der Waals surface area contributed by atoms with Crippen molar-refractivity contribution in [3.05, 3.63) is 35.8 Å². The van der Waals surface area contributed by atoms with E-state index in [1.54, 1.807) is 21.9 Å². The van der Waals surface area contributed by atoms with Crippen molar-refractivity contribution in [2.75, 3.05) is 70.7 Å². The molecule has 0 radical (unpaired) electrons. The molecule has 0 N–H and O–H groups in total. The number of aromatic nitrogens is 2. The number of azo groups is 1. The average Bonchev–Trinajstić information content (AvgIpc) is 2.90. The molecule has 12 heteroatoms. The molecule has 0 atom stereocenters. The van der Waals surface area contributed by atoms with Crippen molar-refractivity contribution in [3.8, 4) is 11.5 Å². The van der Waals surface area contributed by atoms with Crippen LogP contribution in [0.25, 0.3) is 0 Å². The van der Waals surface area contributed by atoms with Crippen LogP contribution in [0.5, 0.6) is 11.5 Å². The Bertz CT molecular complexity index is 1030. The van der Waals surface area contributed by atoms with Gasteiger partial charge >= 0.3 is 0 Å². The summed E-state index contributed by atoms with van der Waals surface area (Å²) >= 11 is 0. The maximum Gasteiger partial charge on any atom is 0.270 e. The number of anilines is 1. The van der Waals surface area contributed by atoms with Crippen LogP contribution < -0.4 is 14.4 Å². The van der Waals surface area contributed by atoms with Gasteiger partial charge in [-0.25, -0.2) is 9.37 Å². The van der Waals surface area contributed by atoms with Gasteiger partial charge in [0.05, 0.1) is 45.8 Å². The van der Waals surface area contributed by atoms with Crippen molar-refractivity contribution in [2.24, 2.45) is 10.2 Å². The number of amides is 1. The Labute approximate surface area is 202 Å². The second kappa shape index (κ2) is 12.4. The first-order chi connectivity index (χ1) is 17.1. The summed E-state index contributed by atoms with van der Waals surface area (Å²) in [7, 11) is 0. The number of carbonyl (C=O) groups excluding carboxylic acids is 1. The Balaban J connectivity index is 1.37. The first-order valence-corrected chi connectivity index (χ1v) is 11.6. The van der Waals surface area contributed by atoms with Gasteiger partial charge in [0, 0.05) is 26.2 Å². The first kappa shape index (κ1) is 24.7. The quantitative estimate of drug-likeness (QED) is 0.495. The van der Waals surface area contributed by atoms with Crippen LogP contribution in [0.4, 0.5) is 16.2 Å². The molecule has 3 heterocycles. The van der Waals surface area contributed by atoms with Gasteiger partial charge in [-0.15, -0.1) is 5.11 Å². The van der Waals surface area contributed by atoms with Crippen molar-refractivity contribution in [1.82, 2.24) is 14.9 Å². The molecule has 2 fully saturated rings. The van der Waals surface area contributed by atoms with E-state index in [1.807, 2.05) is 13.0 Å². The van der Waals surface area contributed by atoms with Gasteiger partial charge in [-0.2, -0.15) is 10.1 Å². The zero-order valence-corrected chi connectivity index (χ0v) is 19.7. The molecule has 0 unspecified atom stereocenters. The molecule has 1 aromatic heterocycles. The topological polar surface area (TPSA) is 111 Å². The van der Waals surface area contributed by atoms with Crippen LogP contribution in [0.1, 0.15) is 12.5 Å². The largest absolute Gasteiger partial charge is 0.490 e. The lowest BCUT2D eigenvalue weighted by Crippen LogP contribution is -2.43. The Hall–Kier alpha value is -3.38. The van der Waals surface area contributed by atoms with E-state index in [0.717, 1.165) is 11.8 Å². The van der Waals surface area contributed by atoms with Crippen LogP contribution >= 0.6 is 0 Å². The molecule has 188 valence electrons. The number of morpholine rings is 2. The van der Waals surface area contributed by atoms with Crippen molar-refractivity contribution in [2.45, 2.75) is 13.5 Å². The third kappa shape index (κ3) is 6.83. The minimum Gasteiger partial charge on any atom is -0.490 e. The molecular formula is C23H29FN6O5. The summed E-state index contributed by atoms with van der Waals surface area (Å²) in [5.41, 5.74) is 0.819. The van der Waals surface area contributed by atoms with E-state index in [-0.39, 0.29) is 30.8 Å². The SMILES string of the molecule is CCOc1cc(CN=Nc2ncc(F)c(N3CCOCC3)n2)ccc1OCC(=O)N1CCOCC1. The Morgan fingerprint density at radius 2 is 1.83 bits per heavy atom. The maximum absolute atomic E-state index is 14.2. The van der Waals surface area contributed by atoms with E-state index in [0.29, 0.717) is 70.7 Å². The lowest BCUT2D eigenvalue weighted by molar-refractivity contribution is -0.137. The Morgan fingerprint density at radius 3 is 2.57 bits per heavy atom. The fourth-order valence-corrected chi connectivity index (χ4v) is 3.66. The number of hydrogen-bond donors (Lipinski definition) is 0. The predicted molar refractivity (Wildman–Crippen MR) is 124 cm³/mol. The molecule has 1 amide bonds. The highest BCUT2D eigenvalue weighted by atomic mass is 19.1. The molecule has 2 saturated heterocycles. The fourth-order valence-electron chi connectivity index (χ4n) is 3.66. The minimum atomic E-state index is -0.505. The zero-order valence-electron chi connectivity index (χ0n) is 19.7. The maximum atomic E-state index is 14.2. The summed E-state index contributed by atoms with van der Waals surface area (Å²) in [5.74, 6) is 0.677. The lowest BCUT2D eigenvalue weighted by atomic mass is 10.2. The monoisotopic (exact) mass is 488 g/mol. The Morgan fingerprint density at radius 1 is 1.09 bits per heavy atom. The molecule has 1 aromatic carbocycles. The Kier molecular flexibility index (Phi) is 8.74. The molecule has 11 nitrogen and oxygen atoms in total. The van der Waals surface area contributed by atoms with Crippen LogP contribution in [0.3, 0.4) is 0 Å². The standard InChI is InChI=1S/C23H29FN6O5/c1-2-34-20-13-17(3-4-19(20)35-16-21(31)29-5-9-32-10-6-29)14-26-28-23-25-15-18(24)22(27-23)30-7-11-33-12-8-30/h3-4,13,15H,2,5-12,14,16H2,1H3. The molecule has 2 aliphatic heterocycles. The highest BCUT2D eigenvalue weighted by Crippen LogP contribution is 2.29. The average molecular weight is 489 g/mol. The summed E-state index contributed by atoms with van der Waals surface area (Å²) in [6, 6.07) is 5.36. The van der Waals surface area contributed by atoms with Gasteiger partial charge in [0.15, 0.2) is 29.7 Å². The smallest absolute Gasteiger partial charge is 0.270 e. The van der Waals surface area contributed by atoms with E-state index < -0.39 is 5.82 Å².